The number of sulfonamides is 1. The Hall–Kier alpha value is -2.21. The number of halogens is 2. The SMILES string of the molecule is CC(C)CNC(=O)C(C)N(Cc1ccccc1F)C(=O)CN(c1ccc(I)cc1)S(C)(=O)=O. The fraction of sp³-hybridized carbons (Fsp3) is 0.391. The minimum Gasteiger partial charge on any atom is -0.354 e. The molecule has 180 valence electrons. The first kappa shape index (κ1) is 27.0. The Labute approximate surface area is 208 Å². The number of anilines is 1. The molecule has 1 N–H and O–H groups in total. The number of carbonyl (C=O) groups excluding carboxylic acids is 2. The number of hydrogen-bond acceptors (Lipinski definition) is 4. The Kier molecular flexibility index (Phi) is 9.65. The molecule has 0 bridgehead atoms. The van der Waals surface area contributed by atoms with Gasteiger partial charge in [-0.3, -0.25) is 13.9 Å². The predicted molar refractivity (Wildman–Crippen MR) is 136 cm³/mol. The van der Waals surface area contributed by atoms with E-state index in [4.69, 9.17) is 0 Å². The minimum atomic E-state index is -3.80. The molecule has 0 aliphatic rings. The highest BCUT2D eigenvalue weighted by atomic mass is 127. The van der Waals surface area contributed by atoms with Gasteiger partial charge in [-0.2, -0.15) is 0 Å². The molecule has 2 aromatic rings. The molecular formula is C23H29FIN3O4S. The highest BCUT2D eigenvalue weighted by Gasteiger charge is 2.30. The normalized spacial score (nSPS) is 12.3. The van der Waals surface area contributed by atoms with Crippen molar-refractivity contribution in [3.05, 3.63) is 63.5 Å². The van der Waals surface area contributed by atoms with Gasteiger partial charge in [-0.1, -0.05) is 32.0 Å². The average Bonchev–Trinajstić information content (AvgIpc) is 2.74. The highest BCUT2D eigenvalue weighted by molar-refractivity contribution is 14.1. The molecule has 0 spiro atoms. The molecule has 0 saturated heterocycles. The Morgan fingerprint density at radius 2 is 1.67 bits per heavy atom. The van der Waals surface area contributed by atoms with Gasteiger partial charge in [0, 0.05) is 22.2 Å². The smallest absolute Gasteiger partial charge is 0.244 e. The number of nitrogens with one attached hydrogen (secondary N) is 1. The van der Waals surface area contributed by atoms with Gasteiger partial charge < -0.3 is 10.2 Å². The van der Waals surface area contributed by atoms with Gasteiger partial charge in [-0.15, -0.1) is 0 Å². The Morgan fingerprint density at radius 1 is 1.06 bits per heavy atom. The summed E-state index contributed by atoms with van der Waals surface area (Å²) >= 11 is 2.10. The minimum absolute atomic E-state index is 0.175. The van der Waals surface area contributed by atoms with E-state index >= 15 is 0 Å². The monoisotopic (exact) mass is 589 g/mol. The number of nitrogens with zero attached hydrogens (tertiary/aromatic N) is 2. The van der Waals surface area contributed by atoms with Crippen molar-refractivity contribution in [3.8, 4) is 0 Å². The Balaban J connectivity index is 2.36. The average molecular weight is 589 g/mol. The molecule has 0 radical (unpaired) electrons. The maximum Gasteiger partial charge on any atom is 0.244 e. The molecule has 1 atom stereocenters. The largest absolute Gasteiger partial charge is 0.354 e. The van der Waals surface area contributed by atoms with E-state index in [1.807, 2.05) is 13.8 Å². The first-order valence-corrected chi connectivity index (χ1v) is 13.4. The second-order valence-corrected chi connectivity index (χ2v) is 11.3. The van der Waals surface area contributed by atoms with Crippen LogP contribution < -0.4 is 9.62 Å². The van der Waals surface area contributed by atoms with Crippen molar-refractivity contribution in [1.82, 2.24) is 10.2 Å². The van der Waals surface area contributed by atoms with Crippen LogP contribution in [0.5, 0.6) is 0 Å². The molecule has 0 heterocycles. The molecule has 7 nitrogen and oxygen atoms in total. The fourth-order valence-corrected chi connectivity index (χ4v) is 4.28. The third-order valence-electron chi connectivity index (χ3n) is 4.94. The van der Waals surface area contributed by atoms with Crippen LogP contribution in [0.1, 0.15) is 26.3 Å². The molecule has 2 aromatic carbocycles. The molecule has 1 unspecified atom stereocenters. The lowest BCUT2D eigenvalue weighted by Gasteiger charge is -2.31. The maximum atomic E-state index is 14.3. The first-order chi connectivity index (χ1) is 15.4. The third-order valence-corrected chi connectivity index (χ3v) is 6.80. The van der Waals surface area contributed by atoms with Crippen LogP contribution in [-0.4, -0.2) is 50.5 Å². The lowest BCUT2D eigenvalue weighted by Crippen LogP contribution is -2.51. The Bertz CT molecular complexity index is 1080. The van der Waals surface area contributed by atoms with Gasteiger partial charge in [0.05, 0.1) is 11.9 Å². The second-order valence-electron chi connectivity index (χ2n) is 8.17. The molecule has 0 aliphatic carbocycles. The van der Waals surface area contributed by atoms with E-state index in [0.29, 0.717) is 12.2 Å². The zero-order valence-corrected chi connectivity index (χ0v) is 22.1. The summed E-state index contributed by atoms with van der Waals surface area (Å²) in [6.07, 6.45) is 1.01. The number of carbonyl (C=O) groups is 2. The van der Waals surface area contributed by atoms with Gasteiger partial charge in [0.25, 0.3) is 0 Å². The van der Waals surface area contributed by atoms with Gasteiger partial charge in [0.2, 0.25) is 21.8 Å². The van der Waals surface area contributed by atoms with E-state index < -0.39 is 40.2 Å². The van der Waals surface area contributed by atoms with Gasteiger partial charge in [-0.25, -0.2) is 12.8 Å². The Morgan fingerprint density at radius 3 is 2.21 bits per heavy atom. The fourth-order valence-electron chi connectivity index (χ4n) is 3.07. The molecule has 2 rings (SSSR count). The zero-order chi connectivity index (χ0) is 24.8. The number of benzene rings is 2. The van der Waals surface area contributed by atoms with Crippen LogP contribution in [0.4, 0.5) is 10.1 Å². The second kappa shape index (κ2) is 11.8. The quantitative estimate of drug-likeness (QED) is 0.431. The lowest BCUT2D eigenvalue weighted by atomic mass is 10.1. The van der Waals surface area contributed by atoms with Gasteiger partial charge in [0.1, 0.15) is 18.4 Å². The van der Waals surface area contributed by atoms with E-state index in [1.165, 1.54) is 23.1 Å². The highest BCUT2D eigenvalue weighted by Crippen LogP contribution is 2.21. The molecule has 0 saturated carbocycles. The van der Waals surface area contributed by atoms with Crippen molar-refractivity contribution in [2.45, 2.75) is 33.4 Å². The van der Waals surface area contributed by atoms with E-state index in [0.717, 1.165) is 14.1 Å². The number of amides is 2. The van der Waals surface area contributed by atoms with Crippen LogP contribution in [0, 0.1) is 15.3 Å². The topological polar surface area (TPSA) is 86.8 Å². The lowest BCUT2D eigenvalue weighted by molar-refractivity contribution is -0.139. The van der Waals surface area contributed by atoms with E-state index in [9.17, 15) is 22.4 Å². The predicted octanol–water partition coefficient (Wildman–Crippen LogP) is 3.39. The summed E-state index contributed by atoms with van der Waals surface area (Å²) in [5, 5.41) is 2.78. The van der Waals surface area contributed by atoms with Gasteiger partial charge >= 0.3 is 0 Å². The van der Waals surface area contributed by atoms with Crippen molar-refractivity contribution >= 4 is 50.1 Å². The van der Waals surface area contributed by atoms with Crippen LogP contribution in [0.25, 0.3) is 0 Å². The number of rotatable bonds is 10. The van der Waals surface area contributed by atoms with Gasteiger partial charge in [0.15, 0.2) is 0 Å². The first-order valence-electron chi connectivity index (χ1n) is 10.4. The van der Waals surface area contributed by atoms with Crippen molar-refractivity contribution in [3.63, 3.8) is 0 Å². The van der Waals surface area contributed by atoms with Crippen molar-refractivity contribution in [2.75, 3.05) is 23.7 Å². The van der Waals surface area contributed by atoms with Crippen molar-refractivity contribution in [1.29, 1.82) is 0 Å². The van der Waals surface area contributed by atoms with Crippen molar-refractivity contribution < 1.29 is 22.4 Å². The van der Waals surface area contributed by atoms with E-state index in [-0.39, 0.29) is 18.0 Å². The number of hydrogen-bond donors (Lipinski definition) is 1. The summed E-state index contributed by atoms with van der Waals surface area (Å²) in [6, 6.07) is 11.7. The third kappa shape index (κ3) is 7.95. The summed E-state index contributed by atoms with van der Waals surface area (Å²) in [7, 11) is -3.80. The van der Waals surface area contributed by atoms with Crippen LogP contribution in [-0.2, 0) is 26.2 Å². The summed E-state index contributed by atoms with van der Waals surface area (Å²) in [5.74, 6) is -1.32. The van der Waals surface area contributed by atoms with Crippen LogP contribution in [0.15, 0.2) is 48.5 Å². The molecule has 0 aliphatic heterocycles. The molecule has 2 amide bonds. The van der Waals surface area contributed by atoms with E-state index in [2.05, 4.69) is 27.9 Å². The molecule has 0 aromatic heterocycles. The molecule has 10 heteroatoms. The summed E-state index contributed by atoms with van der Waals surface area (Å²) in [5.41, 5.74) is 0.559. The van der Waals surface area contributed by atoms with Crippen LogP contribution >= 0.6 is 22.6 Å². The molecule has 33 heavy (non-hydrogen) atoms. The van der Waals surface area contributed by atoms with Gasteiger partial charge in [-0.05, 0) is 65.8 Å². The van der Waals surface area contributed by atoms with Crippen molar-refractivity contribution in [2.24, 2.45) is 5.92 Å². The zero-order valence-electron chi connectivity index (χ0n) is 19.1. The summed E-state index contributed by atoms with van der Waals surface area (Å²) in [4.78, 5) is 27.3. The maximum absolute atomic E-state index is 14.3. The van der Waals surface area contributed by atoms with E-state index in [1.54, 1.807) is 37.3 Å². The molecule has 0 fully saturated rings. The summed E-state index contributed by atoms with van der Waals surface area (Å²) in [6.45, 7) is 5.16. The standard InChI is InChI=1S/C23H29FIN3O4S/c1-16(2)13-26-23(30)17(3)27(14-18-7-5-6-8-21(18)24)22(29)15-28(33(4,31)32)20-11-9-19(25)10-12-20/h5-12,16-17H,13-15H2,1-4H3,(H,26,30). The van der Waals surface area contributed by atoms with Crippen LogP contribution in [0.3, 0.4) is 0 Å². The molecular weight excluding hydrogens is 560 g/mol. The summed E-state index contributed by atoms with van der Waals surface area (Å²) < 4.78 is 41.2. The van der Waals surface area contributed by atoms with Crippen LogP contribution in [0.2, 0.25) is 0 Å².